The van der Waals surface area contributed by atoms with E-state index in [1.807, 2.05) is 6.08 Å². The van der Waals surface area contributed by atoms with Gasteiger partial charge in [-0.15, -0.1) is 5.73 Å². The molecule has 2 atom stereocenters. The summed E-state index contributed by atoms with van der Waals surface area (Å²) in [4.78, 5) is 23.1. The molecule has 0 aromatic heterocycles. The molecule has 0 aliphatic heterocycles. The van der Waals surface area contributed by atoms with E-state index in [1.54, 1.807) is 0 Å². The summed E-state index contributed by atoms with van der Waals surface area (Å²) in [5.74, 6) is 0.126. The molecule has 0 radical (unpaired) electrons. The van der Waals surface area contributed by atoms with Gasteiger partial charge in [-0.05, 0) is 74.7 Å². The largest absolute Gasteiger partial charge is 0.481 e. The van der Waals surface area contributed by atoms with Crippen LogP contribution in [-0.2, 0) is 14.0 Å². The van der Waals surface area contributed by atoms with Crippen molar-refractivity contribution in [3.05, 3.63) is 29.5 Å². The van der Waals surface area contributed by atoms with Crippen LogP contribution in [0.5, 0.6) is 0 Å². The number of carboxylic acids is 1. The number of rotatable bonds is 11. The smallest absolute Gasteiger partial charge is 0.307 e. The van der Waals surface area contributed by atoms with E-state index in [0.29, 0.717) is 24.2 Å². The SMILES string of the molecule is CC(C)(C)[Si](C)(C)OC(CCC1=CCC(=O)[C@@H]1CCC=C=CCC(=O)O)C1CCCCC1. The van der Waals surface area contributed by atoms with E-state index in [-0.39, 0.29) is 17.4 Å². The minimum absolute atomic E-state index is 0.00685. The Morgan fingerprint density at radius 3 is 2.56 bits per heavy atom. The minimum Gasteiger partial charge on any atom is -0.481 e. The van der Waals surface area contributed by atoms with Crippen molar-refractivity contribution in [2.24, 2.45) is 11.8 Å². The molecule has 0 heterocycles. The van der Waals surface area contributed by atoms with Crippen molar-refractivity contribution in [3.8, 4) is 0 Å². The number of allylic oxidation sites excluding steroid dienone is 2. The van der Waals surface area contributed by atoms with Gasteiger partial charge in [-0.3, -0.25) is 9.59 Å². The molecule has 1 saturated carbocycles. The predicted octanol–water partition coefficient (Wildman–Crippen LogP) is 7.22. The second kappa shape index (κ2) is 12.2. The van der Waals surface area contributed by atoms with Crippen LogP contribution in [0.3, 0.4) is 0 Å². The third-order valence-electron chi connectivity index (χ3n) is 7.66. The van der Waals surface area contributed by atoms with Crippen molar-refractivity contribution in [3.63, 3.8) is 0 Å². The normalized spacial score (nSPS) is 21.1. The molecule has 2 rings (SSSR count). The molecule has 0 amide bonds. The third kappa shape index (κ3) is 8.17. The van der Waals surface area contributed by atoms with Crippen molar-refractivity contribution in [1.29, 1.82) is 0 Å². The Morgan fingerprint density at radius 1 is 1.25 bits per heavy atom. The summed E-state index contributed by atoms with van der Waals surface area (Å²) in [7, 11) is -1.85. The molecule has 2 aliphatic rings. The number of carbonyl (C=O) groups excluding carboxylic acids is 1. The van der Waals surface area contributed by atoms with Crippen molar-refractivity contribution in [2.45, 2.75) is 116 Å². The zero-order valence-electron chi connectivity index (χ0n) is 20.9. The summed E-state index contributed by atoms with van der Waals surface area (Å²) < 4.78 is 6.97. The van der Waals surface area contributed by atoms with Gasteiger partial charge in [0.15, 0.2) is 8.32 Å². The second-order valence-corrected chi connectivity index (χ2v) is 15.9. The Labute approximate surface area is 196 Å². The van der Waals surface area contributed by atoms with E-state index in [0.717, 1.165) is 25.7 Å². The van der Waals surface area contributed by atoms with Gasteiger partial charge < -0.3 is 9.53 Å². The molecule has 0 bridgehead atoms. The van der Waals surface area contributed by atoms with Gasteiger partial charge in [-0.2, -0.15) is 0 Å². The third-order valence-corrected chi connectivity index (χ3v) is 12.2. The quantitative estimate of drug-likeness (QED) is 0.201. The first-order valence-corrected chi connectivity index (χ1v) is 15.4. The molecule has 1 unspecified atom stereocenters. The van der Waals surface area contributed by atoms with E-state index >= 15 is 0 Å². The lowest BCUT2D eigenvalue weighted by molar-refractivity contribution is -0.136. The maximum Gasteiger partial charge on any atom is 0.307 e. The molecule has 0 saturated heterocycles. The molecular formula is C27H44O4Si. The summed E-state index contributed by atoms with van der Waals surface area (Å²) in [6, 6.07) is 0. The molecule has 4 nitrogen and oxygen atoms in total. The summed E-state index contributed by atoms with van der Waals surface area (Å²) in [5.41, 5.74) is 4.22. The summed E-state index contributed by atoms with van der Waals surface area (Å²) in [5, 5.41) is 8.88. The number of aliphatic carboxylic acids is 1. The van der Waals surface area contributed by atoms with E-state index in [4.69, 9.17) is 9.53 Å². The van der Waals surface area contributed by atoms with Gasteiger partial charge >= 0.3 is 5.97 Å². The lowest BCUT2D eigenvalue weighted by Gasteiger charge is -2.42. The van der Waals surface area contributed by atoms with E-state index in [2.05, 4.69) is 45.7 Å². The predicted molar refractivity (Wildman–Crippen MR) is 133 cm³/mol. The van der Waals surface area contributed by atoms with Gasteiger partial charge in [0.25, 0.3) is 0 Å². The van der Waals surface area contributed by atoms with Gasteiger partial charge in [-0.25, -0.2) is 0 Å². The fraction of sp³-hybridized carbons (Fsp3) is 0.741. The molecule has 0 aromatic carbocycles. The van der Waals surface area contributed by atoms with Gasteiger partial charge in [0.1, 0.15) is 5.78 Å². The van der Waals surface area contributed by atoms with Crippen LogP contribution in [0.25, 0.3) is 0 Å². The van der Waals surface area contributed by atoms with Crippen molar-refractivity contribution in [1.82, 2.24) is 0 Å². The van der Waals surface area contributed by atoms with Crippen LogP contribution in [0, 0.1) is 11.8 Å². The fourth-order valence-corrected chi connectivity index (χ4v) is 6.09. The molecule has 1 fully saturated rings. The Hall–Kier alpha value is -1.42. The summed E-state index contributed by atoms with van der Waals surface area (Å²) in [6.07, 6.45) is 16.4. The average Bonchev–Trinajstić information content (AvgIpc) is 3.07. The van der Waals surface area contributed by atoms with Crippen molar-refractivity contribution in [2.75, 3.05) is 0 Å². The lowest BCUT2D eigenvalue weighted by Crippen LogP contribution is -2.46. The van der Waals surface area contributed by atoms with Crippen LogP contribution in [0.2, 0.25) is 18.1 Å². The maximum atomic E-state index is 12.5. The monoisotopic (exact) mass is 460 g/mol. The van der Waals surface area contributed by atoms with Crippen LogP contribution in [0.15, 0.2) is 29.5 Å². The number of hydrogen-bond acceptors (Lipinski definition) is 3. The highest BCUT2D eigenvalue weighted by Gasteiger charge is 2.41. The molecule has 5 heteroatoms. The van der Waals surface area contributed by atoms with Gasteiger partial charge in [0, 0.05) is 18.4 Å². The highest BCUT2D eigenvalue weighted by Crippen LogP contribution is 2.41. The molecule has 0 spiro atoms. The zero-order chi connectivity index (χ0) is 23.8. The Bertz CT molecular complexity index is 731. The Kier molecular flexibility index (Phi) is 10.2. The maximum absolute atomic E-state index is 12.5. The van der Waals surface area contributed by atoms with Crippen LogP contribution < -0.4 is 0 Å². The van der Waals surface area contributed by atoms with E-state index in [1.165, 1.54) is 43.8 Å². The topological polar surface area (TPSA) is 63.6 Å². The molecule has 2 aliphatic carbocycles. The first-order chi connectivity index (χ1) is 15.0. The first-order valence-electron chi connectivity index (χ1n) is 12.5. The van der Waals surface area contributed by atoms with E-state index < -0.39 is 14.3 Å². The number of carboxylic acid groups (broad SMARTS) is 1. The number of hydrogen-bond donors (Lipinski definition) is 1. The standard InChI is InChI=1S/C27H44O4Si/c1-27(2,3)32(4,5)31-25(22-13-9-8-10-14-22)20-18-21-17-19-24(28)23(21)15-11-6-7-12-16-26(29)30/h6,12,17,22-23,25H,8-11,13-16,18-20H2,1-5H3,(H,29,30)/t7?,23-,25?/m1/s1. The molecule has 0 aromatic rings. The fourth-order valence-electron chi connectivity index (χ4n) is 4.67. The van der Waals surface area contributed by atoms with Crippen LogP contribution in [-0.4, -0.2) is 31.3 Å². The molecular weight excluding hydrogens is 416 g/mol. The van der Waals surface area contributed by atoms with Gasteiger partial charge in [0.2, 0.25) is 0 Å². The number of ketones is 1. The highest BCUT2D eigenvalue weighted by atomic mass is 28.4. The van der Waals surface area contributed by atoms with Crippen molar-refractivity contribution < 1.29 is 19.1 Å². The van der Waals surface area contributed by atoms with Gasteiger partial charge in [-0.1, -0.05) is 51.7 Å². The Balaban J connectivity index is 1.99. The average molecular weight is 461 g/mol. The van der Waals surface area contributed by atoms with Crippen LogP contribution >= 0.6 is 0 Å². The first kappa shape index (κ1) is 26.8. The number of Topliss-reactive ketones (excluding diaryl/α,β-unsaturated/α-hetero) is 1. The zero-order valence-corrected chi connectivity index (χ0v) is 21.9. The van der Waals surface area contributed by atoms with Crippen molar-refractivity contribution >= 4 is 20.1 Å². The highest BCUT2D eigenvalue weighted by molar-refractivity contribution is 6.74. The Morgan fingerprint density at radius 2 is 1.94 bits per heavy atom. The van der Waals surface area contributed by atoms with Crippen LogP contribution in [0.4, 0.5) is 0 Å². The summed E-state index contributed by atoms with van der Waals surface area (Å²) in [6.45, 7) is 11.6. The molecule has 32 heavy (non-hydrogen) atoms. The van der Waals surface area contributed by atoms with Crippen LogP contribution in [0.1, 0.15) is 91.4 Å². The molecule has 180 valence electrons. The second-order valence-electron chi connectivity index (χ2n) is 11.1. The number of carbonyl (C=O) groups is 2. The molecule has 1 N–H and O–H groups in total. The lowest BCUT2D eigenvalue weighted by atomic mass is 9.82. The van der Waals surface area contributed by atoms with Gasteiger partial charge in [0.05, 0.1) is 6.42 Å². The summed E-state index contributed by atoms with van der Waals surface area (Å²) >= 11 is 0. The minimum atomic E-state index is -1.85. The van der Waals surface area contributed by atoms with E-state index in [9.17, 15) is 9.59 Å².